The lowest BCUT2D eigenvalue weighted by Crippen LogP contribution is -2.40. The molecule has 0 aliphatic carbocycles. The topological polar surface area (TPSA) is 50.6 Å². The fourth-order valence-electron chi connectivity index (χ4n) is 3.25. The third kappa shape index (κ3) is 4.68. The van der Waals surface area contributed by atoms with Gasteiger partial charge in [0.2, 0.25) is 0 Å². The number of likely N-dealkylation sites (N-methyl/N-ethyl adjacent to an activating group) is 1. The highest BCUT2D eigenvalue weighted by atomic mass is 32.1. The fraction of sp³-hybridized carbons (Fsp3) is 0.556. The Balaban J connectivity index is 1.67. The number of piperidine rings is 1. The zero-order valence-corrected chi connectivity index (χ0v) is 15.7. The molecule has 1 fully saturated rings. The van der Waals surface area contributed by atoms with Crippen LogP contribution in [0.3, 0.4) is 0 Å². The van der Waals surface area contributed by atoms with Crippen molar-refractivity contribution in [1.82, 2.24) is 14.7 Å². The first kappa shape index (κ1) is 18.1. The number of nitrogens with zero attached hydrogens (tertiary/aromatic N) is 4. The molecule has 0 aromatic carbocycles. The van der Waals surface area contributed by atoms with Crippen LogP contribution < -0.4 is 10.5 Å². The Kier molecular flexibility index (Phi) is 6.23. The summed E-state index contributed by atoms with van der Waals surface area (Å²) in [5.41, 5.74) is 0.814. The van der Waals surface area contributed by atoms with Crippen molar-refractivity contribution < 1.29 is 4.74 Å². The van der Waals surface area contributed by atoms with E-state index in [1.54, 1.807) is 35.4 Å². The predicted octanol–water partition coefficient (Wildman–Crippen LogP) is 2.22. The van der Waals surface area contributed by atoms with Gasteiger partial charge in [-0.3, -0.25) is 9.69 Å². The fourth-order valence-corrected chi connectivity index (χ4v) is 3.99. The lowest BCUT2D eigenvalue weighted by atomic mass is 10.1. The molecule has 1 aliphatic rings. The molecule has 7 heteroatoms. The zero-order valence-electron chi connectivity index (χ0n) is 14.9. The lowest BCUT2D eigenvalue weighted by Gasteiger charge is -2.32. The molecule has 0 amide bonds. The minimum Gasteiger partial charge on any atom is -0.383 e. The first-order valence-corrected chi connectivity index (χ1v) is 9.59. The molecule has 25 heavy (non-hydrogen) atoms. The third-order valence-electron chi connectivity index (χ3n) is 4.67. The minimum absolute atomic E-state index is 0.0234. The monoisotopic (exact) mass is 362 g/mol. The molecule has 1 atom stereocenters. The highest BCUT2D eigenvalue weighted by Gasteiger charge is 2.23. The molecule has 0 bridgehead atoms. The van der Waals surface area contributed by atoms with Crippen molar-refractivity contribution >= 4 is 17.0 Å². The maximum Gasteiger partial charge on any atom is 0.269 e. The molecule has 2 aromatic heterocycles. The van der Waals surface area contributed by atoms with Crippen LogP contribution in [0.1, 0.15) is 23.8 Å². The van der Waals surface area contributed by atoms with E-state index in [1.165, 1.54) is 4.88 Å². The molecule has 0 N–H and O–H groups in total. The molecule has 1 aliphatic heterocycles. The summed E-state index contributed by atoms with van der Waals surface area (Å²) in [5, 5.41) is 6.57. The van der Waals surface area contributed by atoms with Crippen LogP contribution in [-0.2, 0) is 11.3 Å². The van der Waals surface area contributed by atoms with Gasteiger partial charge in [0.05, 0.1) is 24.5 Å². The highest BCUT2D eigenvalue weighted by molar-refractivity contribution is 7.09. The lowest BCUT2D eigenvalue weighted by molar-refractivity contribution is 0.161. The van der Waals surface area contributed by atoms with E-state index < -0.39 is 0 Å². The summed E-state index contributed by atoms with van der Waals surface area (Å²) < 4.78 is 6.75. The second kappa shape index (κ2) is 8.60. The Bertz CT molecular complexity index is 716. The number of rotatable bonds is 7. The molecule has 3 heterocycles. The molecular weight excluding hydrogens is 336 g/mol. The van der Waals surface area contributed by atoms with Crippen molar-refractivity contribution in [1.29, 1.82) is 0 Å². The van der Waals surface area contributed by atoms with Gasteiger partial charge in [-0.1, -0.05) is 6.07 Å². The molecule has 1 saturated heterocycles. The quantitative estimate of drug-likeness (QED) is 0.756. The third-order valence-corrected chi connectivity index (χ3v) is 5.53. The summed E-state index contributed by atoms with van der Waals surface area (Å²) in [5.74, 6) is 0. The van der Waals surface area contributed by atoms with Crippen LogP contribution >= 0.6 is 11.3 Å². The van der Waals surface area contributed by atoms with E-state index in [2.05, 4.69) is 27.5 Å². The molecule has 3 rings (SSSR count). The van der Waals surface area contributed by atoms with E-state index >= 15 is 0 Å². The smallest absolute Gasteiger partial charge is 0.269 e. The van der Waals surface area contributed by atoms with E-state index in [1.807, 2.05) is 11.9 Å². The van der Waals surface area contributed by atoms with Gasteiger partial charge in [0.25, 0.3) is 5.56 Å². The van der Waals surface area contributed by atoms with E-state index in [-0.39, 0.29) is 11.6 Å². The summed E-state index contributed by atoms with van der Waals surface area (Å²) in [6.45, 7) is 4.28. The number of likely N-dealkylation sites (tertiary alicyclic amines) is 1. The van der Waals surface area contributed by atoms with E-state index in [9.17, 15) is 4.79 Å². The van der Waals surface area contributed by atoms with Crippen LogP contribution in [0.2, 0.25) is 0 Å². The molecule has 6 nitrogen and oxygen atoms in total. The normalized spacial score (nSPS) is 18.4. The first-order valence-electron chi connectivity index (χ1n) is 8.71. The van der Waals surface area contributed by atoms with Crippen LogP contribution in [0.25, 0.3) is 0 Å². The molecule has 0 unspecified atom stereocenters. The van der Waals surface area contributed by atoms with Crippen molar-refractivity contribution in [3.63, 3.8) is 0 Å². The number of hydrogen-bond acceptors (Lipinski definition) is 6. The molecule has 2 aromatic rings. The average molecular weight is 362 g/mol. The molecule has 0 saturated carbocycles. The maximum absolute atomic E-state index is 12.6. The number of anilines is 1. The average Bonchev–Trinajstić information content (AvgIpc) is 3.12. The van der Waals surface area contributed by atoms with Crippen LogP contribution in [0, 0.1) is 0 Å². The van der Waals surface area contributed by atoms with Crippen molar-refractivity contribution in [2.24, 2.45) is 0 Å². The highest BCUT2D eigenvalue weighted by Crippen LogP contribution is 2.22. The number of thiophene rings is 1. The second-order valence-electron chi connectivity index (χ2n) is 6.52. The number of ether oxygens (including phenoxy) is 1. The van der Waals surface area contributed by atoms with Gasteiger partial charge in [-0.05, 0) is 30.8 Å². The largest absolute Gasteiger partial charge is 0.383 e. The minimum atomic E-state index is -0.0234. The Morgan fingerprint density at radius 3 is 3.08 bits per heavy atom. The Hall–Kier alpha value is -1.70. The van der Waals surface area contributed by atoms with E-state index in [0.29, 0.717) is 6.61 Å². The summed E-state index contributed by atoms with van der Waals surface area (Å²) in [7, 11) is 3.62. The summed E-state index contributed by atoms with van der Waals surface area (Å²) in [6, 6.07) is 6.09. The SMILES string of the molecule is COCCN(C)c1cnn([C@H]2CCCN(Cc3cccs3)C2)c(=O)c1. The first-order chi connectivity index (χ1) is 12.2. The molecule has 136 valence electrons. The van der Waals surface area contributed by atoms with Gasteiger partial charge in [-0.15, -0.1) is 11.3 Å². The van der Waals surface area contributed by atoms with Gasteiger partial charge >= 0.3 is 0 Å². The van der Waals surface area contributed by atoms with Gasteiger partial charge in [0, 0.05) is 44.7 Å². The maximum atomic E-state index is 12.6. The van der Waals surface area contributed by atoms with Crippen molar-refractivity contribution in [2.45, 2.75) is 25.4 Å². The van der Waals surface area contributed by atoms with Crippen LogP contribution in [0.5, 0.6) is 0 Å². The van der Waals surface area contributed by atoms with Crippen LogP contribution in [0.15, 0.2) is 34.6 Å². The van der Waals surface area contributed by atoms with Gasteiger partial charge in [0.15, 0.2) is 0 Å². The van der Waals surface area contributed by atoms with Crippen molar-refractivity contribution in [2.75, 3.05) is 45.3 Å². The standard InChI is InChI=1S/C18H26N4O2S/c1-20(8-9-24-2)16-11-18(23)22(19-12-16)15-5-3-7-21(13-15)14-17-6-4-10-25-17/h4,6,10-12,15H,3,5,7-9,13-14H2,1-2H3/t15-/m0/s1. The molecular formula is C18H26N4O2S. The van der Waals surface area contributed by atoms with Gasteiger partial charge in [0.1, 0.15) is 0 Å². The van der Waals surface area contributed by atoms with Crippen molar-refractivity contribution in [3.05, 3.63) is 45.0 Å². The number of aromatic nitrogens is 2. The summed E-state index contributed by atoms with van der Waals surface area (Å²) in [4.78, 5) is 18.4. The van der Waals surface area contributed by atoms with Gasteiger partial charge < -0.3 is 9.64 Å². The van der Waals surface area contributed by atoms with Gasteiger partial charge in [-0.2, -0.15) is 5.10 Å². The molecule has 0 radical (unpaired) electrons. The van der Waals surface area contributed by atoms with Gasteiger partial charge in [-0.25, -0.2) is 4.68 Å². The summed E-state index contributed by atoms with van der Waals surface area (Å²) >= 11 is 1.79. The second-order valence-corrected chi connectivity index (χ2v) is 7.55. The molecule has 0 spiro atoms. The Morgan fingerprint density at radius 2 is 2.36 bits per heavy atom. The summed E-state index contributed by atoms with van der Waals surface area (Å²) in [6.07, 6.45) is 3.89. The zero-order chi connectivity index (χ0) is 17.6. The van der Waals surface area contributed by atoms with Crippen LogP contribution in [-0.4, -0.2) is 55.1 Å². The Labute approximate surface area is 152 Å². The van der Waals surface area contributed by atoms with E-state index in [0.717, 1.165) is 44.7 Å². The van der Waals surface area contributed by atoms with Crippen molar-refractivity contribution in [3.8, 4) is 0 Å². The van der Waals surface area contributed by atoms with E-state index in [4.69, 9.17) is 4.74 Å². The Morgan fingerprint density at radius 1 is 1.48 bits per heavy atom. The number of methoxy groups -OCH3 is 1. The van der Waals surface area contributed by atoms with Crippen LogP contribution in [0.4, 0.5) is 5.69 Å². The predicted molar refractivity (Wildman–Crippen MR) is 102 cm³/mol. The number of hydrogen-bond donors (Lipinski definition) is 0.